The molecule has 2 aromatic rings. The molecule has 0 amide bonds. The van der Waals surface area contributed by atoms with E-state index in [2.05, 4.69) is 20.9 Å². The van der Waals surface area contributed by atoms with Crippen molar-refractivity contribution in [2.75, 3.05) is 6.61 Å². The van der Waals surface area contributed by atoms with Gasteiger partial charge in [-0.15, -0.1) is 0 Å². The molecule has 30 heavy (non-hydrogen) atoms. The lowest BCUT2D eigenvalue weighted by Gasteiger charge is -2.55. The van der Waals surface area contributed by atoms with Crippen LogP contribution in [0.2, 0.25) is 10.0 Å². The number of ketones is 3. The highest BCUT2D eigenvalue weighted by molar-refractivity contribution is 9.10. The molecule has 0 unspecified atom stereocenters. The summed E-state index contributed by atoms with van der Waals surface area (Å²) >= 11 is 15.3. The highest BCUT2D eigenvalue weighted by atomic mass is 79.9. The molecular weight excluding hydrogens is 507 g/mol. The van der Waals surface area contributed by atoms with E-state index in [4.69, 9.17) is 27.9 Å². The second-order valence-corrected chi connectivity index (χ2v) is 8.70. The lowest BCUT2D eigenvalue weighted by molar-refractivity contribution is -0.310. The number of halogens is 3. The van der Waals surface area contributed by atoms with Crippen LogP contribution in [0.15, 0.2) is 16.9 Å². The quantitative estimate of drug-likeness (QED) is 0.549. The molecule has 4 atom stereocenters. The number of hydrogen-bond acceptors (Lipinski definition) is 8. The van der Waals surface area contributed by atoms with E-state index in [-0.39, 0.29) is 20.3 Å². The SMILES string of the molecule is CC(=O)[C@@]1(O)[C@@](O)(C(C)=O)CO[C@@H](n2c(Br)nc3cc(Cl)c(Cl)cc32)[C@@]1(O)C(C)=O. The van der Waals surface area contributed by atoms with Crippen LogP contribution >= 0.6 is 39.1 Å². The highest BCUT2D eigenvalue weighted by Gasteiger charge is 2.75. The van der Waals surface area contributed by atoms with Crippen molar-refractivity contribution in [3.8, 4) is 0 Å². The van der Waals surface area contributed by atoms with E-state index in [1.165, 1.54) is 16.7 Å². The number of Topliss-reactive ketones (excluding diaryl/α,β-unsaturated/α-hetero) is 3. The number of aromatic nitrogens is 2. The third kappa shape index (κ3) is 2.82. The van der Waals surface area contributed by atoms with Crippen LogP contribution in [-0.2, 0) is 19.1 Å². The van der Waals surface area contributed by atoms with Gasteiger partial charge in [0.25, 0.3) is 0 Å². The largest absolute Gasteiger partial charge is 0.376 e. The van der Waals surface area contributed by atoms with Gasteiger partial charge < -0.3 is 20.1 Å². The Kier molecular flexibility index (Phi) is 5.69. The molecule has 1 aromatic carbocycles. The number of imidazole rings is 1. The number of nitrogens with zero attached hydrogens (tertiary/aromatic N) is 2. The number of carbonyl (C=O) groups is 3. The first-order valence-corrected chi connectivity index (χ1v) is 10.1. The fraction of sp³-hybridized carbons (Fsp3) is 0.444. The molecule has 3 N–H and O–H groups in total. The number of carbonyl (C=O) groups excluding carboxylic acids is 3. The molecule has 1 saturated heterocycles. The number of ether oxygens (including phenoxy) is 1. The molecule has 1 aliphatic heterocycles. The lowest BCUT2D eigenvalue weighted by atomic mass is 9.63. The molecule has 0 radical (unpaired) electrons. The van der Waals surface area contributed by atoms with Crippen molar-refractivity contribution < 1.29 is 34.4 Å². The van der Waals surface area contributed by atoms with Crippen molar-refractivity contribution in [1.29, 1.82) is 0 Å². The normalized spacial score (nSPS) is 31.7. The van der Waals surface area contributed by atoms with E-state index < -0.39 is 47.0 Å². The molecule has 0 spiro atoms. The van der Waals surface area contributed by atoms with Crippen LogP contribution in [0.25, 0.3) is 11.0 Å². The first-order chi connectivity index (χ1) is 13.7. The average Bonchev–Trinajstić information content (AvgIpc) is 2.94. The monoisotopic (exact) mass is 522 g/mol. The van der Waals surface area contributed by atoms with Gasteiger partial charge >= 0.3 is 0 Å². The van der Waals surface area contributed by atoms with Crippen LogP contribution in [0.1, 0.15) is 27.0 Å². The van der Waals surface area contributed by atoms with Crippen LogP contribution in [0, 0.1) is 0 Å². The maximum Gasteiger partial charge on any atom is 0.207 e. The molecule has 1 fully saturated rings. The van der Waals surface area contributed by atoms with Gasteiger partial charge in [-0.3, -0.25) is 19.0 Å². The van der Waals surface area contributed by atoms with Gasteiger partial charge in [0.1, 0.15) is 0 Å². The Balaban J connectivity index is 2.38. The third-order valence-electron chi connectivity index (χ3n) is 5.51. The minimum absolute atomic E-state index is 0.0414. The fourth-order valence-corrected chi connectivity index (χ4v) is 4.69. The minimum Gasteiger partial charge on any atom is -0.376 e. The maximum atomic E-state index is 12.7. The topological polar surface area (TPSA) is 139 Å². The van der Waals surface area contributed by atoms with Crippen molar-refractivity contribution in [3.63, 3.8) is 0 Å². The van der Waals surface area contributed by atoms with Crippen LogP contribution in [0.4, 0.5) is 0 Å². The zero-order chi connectivity index (χ0) is 22.8. The van der Waals surface area contributed by atoms with E-state index in [0.717, 1.165) is 20.8 Å². The Bertz CT molecular complexity index is 1110. The first-order valence-electron chi connectivity index (χ1n) is 8.57. The van der Waals surface area contributed by atoms with Gasteiger partial charge in [0.2, 0.25) is 11.2 Å². The van der Waals surface area contributed by atoms with Gasteiger partial charge in [-0.2, -0.15) is 0 Å². The summed E-state index contributed by atoms with van der Waals surface area (Å²) < 4.78 is 6.76. The van der Waals surface area contributed by atoms with Crippen molar-refractivity contribution in [2.45, 2.75) is 43.8 Å². The number of benzene rings is 1. The Hall–Kier alpha value is -1.40. The molecule has 0 aliphatic carbocycles. The fourth-order valence-electron chi connectivity index (χ4n) is 3.81. The summed E-state index contributed by atoms with van der Waals surface area (Å²) in [6.45, 7) is 1.77. The van der Waals surface area contributed by atoms with Gasteiger partial charge in [0.15, 0.2) is 33.9 Å². The van der Waals surface area contributed by atoms with Gasteiger partial charge in [0, 0.05) is 0 Å². The van der Waals surface area contributed by atoms with Crippen molar-refractivity contribution in [1.82, 2.24) is 9.55 Å². The van der Waals surface area contributed by atoms with Gasteiger partial charge in [-0.1, -0.05) is 23.2 Å². The predicted molar refractivity (Wildman–Crippen MR) is 109 cm³/mol. The molecule has 1 aliphatic rings. The second kappa shape index (κ2) is 7.33. The van der Waals surface area contributed by atoms with E-state index in [9.17, 15) is 29.7 Å². The molecule has 12 heteroatoms. The van der Waals surface area contributed by atoms with Crippen LogP contribution in [0.5, 0.6) is 0 Å². The number of fused-ring (bicyclic) bond motifs is 1. The Morgan fingerprint density at radius 1 is 1.10 bits per heavy atom. The number of hydrogen-bond donors (Lipinski definition) is 3. The molecular formula is C18H17BrCl2N2O7. The standard InChI is InChI=1S/C18H17BrCl2N2O7/c1-7(24)16(27)6-30-14(17(28,8(2)25)18(16,29)9(3)26)23-13-5-11(21)10(20)4-12(13)22-15(23)19/h4-5,14,27-29H,6H2,1-3H3/t14-,16+,17+,18-/m1/s1. The zero-order valence-electron chi connectivity index (χ0n) is 15.9. The average molecular weight is 524 g/mol. The Morgan fingerprint density at radius 3 is 2.17 bits per heavy atom. The second-order valence-electron chi connectivity index (χ2n) is 7.17. The molecule has 162 valence electrons. The lowest BCUT2D eigenvalue weighted by Crippen LogP contribution is -2.82. The molecule has 1 aromatic heterocycles. The van der Waals surface area contributed by atoms with Crippen molar-refractivity contribution >= 4 is 67.5 Å². The molecule has 3 rings (SSSR count). The smallest absolute Gasteiger partial charge is 0.207 e. The summed E-state index contributed by atoms with van der Waals surface area (Å²) in [4.78, 5) is 41.6. The molecule has 0 bridgehead atoms. The summed E-state index contributed by atoms with van der Waals surface area (Å²) in [5.41, 5.74) is -8.63. The van der Waals surface area contributed by atoms with Crippen molar-refractivity contribution in [3.05, 3.63) is 26.9 Å². The molecule has 2 heterocycles. The van der Waals surface area contributed by atoms with E-state index in [1.54, 1.807) is 0 Å². The van der Waals surface area contributed by atoms with Crippen LogP contribution in [-0.4, -0.2) is 65.6 Å². The highest BCUT2D eigenvalue weighted by Crippen LogP contribution is 2.49. The minimum atomic E-state index is -3.22. The molecule has 0 saturated carbocycles. The van der Waals surface area contributed by atoms with E-state index in [1.807, 2.05) is 0 Å². The third-order valence-corrected chi connectivity index (χ3v) is 6.79. The molecule has 9 nitrogen and oxygen atoms in total. The van der Waals surface area contributed by atoms with E-state index in [0.29, 0.717) is 5.52 Å². The van der Waals surface area contributed by atoms with Crippen molar-refractivity contribution in [2.24, 2.45) is 0 Å². The first kappa shape index (κ1) is 23.3. The summed E-state index contributed by atoms with van der Waals surface area (Å²) in [6.07, 6.45) is -1.76. The maximum absolute atomic E-state index is 12.7. The van der Waals surface area contributed by atoms with Gasteiger partial charge in [-0.05, 0) is 48.8 Å². The number of rotatable bonds is 4. The summed E-state index contributed by atoms with van der Waals surface area (Å²) in [7, 11) is 0. The van der Waals surface area contributed by atoms with Gasteiger partial charge in [0.05, 0.1) is 27.7 Å². The summed E-state index contributed by atoms with van der Waals surface area (Å²) in [5.74, 6) is -3.39. The Morgan fingerprint density at radius 2 is 1.67 bits per heavy atom. The summed E-state index contributed by atoms with van der Waals surface area (Å²) in [6, 6.07) is 2.82. The summed E-state index contributed by atoms with van der Waals surface area (Å²) in [5, 5.41) is 34.0. The Labute approximate surface area is 188 Å². The van der Waals surface area contributed by atoms with Crippen LogP contribution < -0.4 is 0 Å². The predicted octanol–water partition coefficient (Wildman–Crippen LogP) is 1.59. The van der Waals surface area contributed by atoms with Gasteiger partial charge in [-0.25, -0.2) is 4.98 Å². The zero-order valence-corrected chi connectivity index (χ0v) is 19.0. The van der Waals surface area contributed by atoms with E-state index >= 15 is 0 Å². The van der Waals surface area contributed by atoms with Crippen LogP contribution in [0.3, 0.4) is 0 Å². The number of aliphatic hydroxyl groups is 3.